The van der Waals surface area contributed by atoms with Crippen LogP contribution < -0.4 is 64.2 Å². The maximum absolute atomic E-state index is 14.6. The molecule has 0 aromatic heterocycles. The van der Waals surface area contributed by atoms with Gasteiger partial charge in [-0.1, -0.05) is 208 Å². The van der Waals surface area contributed by atoms with E-state index in [1.54, 1.807) is 0 Å². The Labute approximate surface area is 826 Å². The zero-order chi connectivity index (χ0) is 106. The molecule has 0 radical (unpaired) electrons. The standard InChI is InChI=1S/C36H50F3N5O6.C35H57N5O8.C30H49N5O8/c1-8-15-40-31(47)29(45)24(13-14-36(37,38)39)41-30(46)28-26-23(35(26,5)6)18-44(28)32(48)27(22-16-20-11-9-10-12-21(20)17-22)43-33(49)42-25(19-50-7)34(2,3)4;1-11-13-22(26(41)29(43)36-16-12-2)37-28(42)25-24-21(35(24,9)10)17-40(25)30(44)27(34(6,7)8)39-31(45)38-23(33(3,4)5)19-48-32(46)47-18-20-14-15-20;1-28(2,3)18(14-43-27(41)42-9)33-26(40)34-22(29(4,5)6)25(39)35-13-16-19(30(16,7)8)20(35)24(38)32-17(12-15-10-11-15)21(36)23(31)37/h8-12,22-28H,1,13-19H2,2-7H3,(H,40,47)(H,41,46)(H2,42,43,49);12,20-25,27H,2,11,13-19H2,1,3-10H3,(H,36,43)(H,37,42)(H2,38,39,45);15-20,22H,10-14H2,1-9H3,(H2,31,37)(H,32,38)(H2,33,34,40)/t23-,24?,25+,26-,27-,28-;21-,22?,23+,24-,25-,27+;16-,17?,18+,19-,20-,22+/m000/s1. The molecule has 8 fully saturated rings. The van der Waals surface area contributed by atoms with Crippen LogP contribution in [0.15, 0.2) is 49.6 Å². The normalized spacial score (nSPS) is 23.4. The molecule has 5 saturated carbocycles. The van der Waals surface area contributed by atoms with Gasteiger partial charge in [-0.05, 0) is 153 Å². The molecule has 15 amide bonds. The van der Waals surface area contributed by atoms with Crippen molar-refractivity contribution in [2.24, 2.45) is 102 Å². The van der Waals surface area contributed by atoms with Gasteiger partial charge in [0.25, 0.3) is 17.7 Å². The van der Waals surface area contributed by atoms with Gasteiger partial charge in [-0.2, -0.15) is 13.2 Å². The number of nitrogens with zero attached hydrogens (tertiary/aromatic N) is 3. The number of ketones is 3. The molecule has 6 aliphatic carbocycles. The summed E-state index contributed by atoms with van der Waals surface area (Å²) in [5.74, 6) is -9.39. The van der Waals surface area contributed by atoms with Gasteiger partial charge in [-0.15, -0.1) is 13.2 Å². The van der Waals surface area contributed by atoms with Crippen molar-refractivity contribution in [2.45, 2.75) is 302 Å². The lowest BCUT2D eigenvalue weighted by atomic mass is 9.85. The van der Waals surface area contributed by atoms with Crippen molar-refractivity contribution >= 4 is 101 Å². The molecule has 9 aliphatic rings. The Morgan fingerprint density at radius 3 is 1.16 bits per heavy atom. The van der Waals surface area contributed by atoms with E-state index in [4.69, 9.17) is 24.7 Å². The summed E-state index contributed by atoms with van der Waals surface area (Å²) in [4.78, 5) is 228. The zero-order valence-electron chi connectivity index (χ0n) is 86.7. The maximum atomic E-state index is 14.6. The Morgan fingerprint density at radius 1 is 0.461 bits per heavy atom. The lowest BCUT2D eigenvalue weighted by molar-refractivity contribution is -0.147. The molecule has 0 bridgehead atoms. The van der Waals surface area contributed by atoms with Gasteiger partial charge in [0.15, 0.2) is 0 Å². The highest BCUT2D eigenvalue weighted by molar-refractivity contribution is 6.39. The monoisotopic (exact) mass is 1990 g/mol. The van der Waals surface area contributed by atoms with Gasteiger partial charge in [0.1, 0.15) is 49.5 Å². The minimum atomic E-state index is -4.65. The van der Waals surface area contributed by atoms with E-state index in [2.05, 4.69) is 76.4 Å². The van der Waals surface area contributed by atoms with E-state index < -0.39 is 214 Å². The van der Waals surface area contributed by atoms with E-state index in [9.17, 15) is 94.7 Å². The van der Waals surface area contributed by atoms with Crippen LogP contribution in [0, 0.1) is 96.6 Å². The van der Waals surface area contributed by atoms with Crippen LogP contribution in [0.4, 0.5) is 37.1 Å². The highest BCUT2D eigenvalue weighted by atomic mass is 19.4. The molecule has 1 aromatic rings. The van der Waals surface area contributed by atoms with Crippen molar-refractivity contribution in [3.8, 4) is 0 Å². The Kier molecular flexibility index (Phi) is 37.8. The van der Waals surface area contributed by atoms with E-state index in [0.717, 1.165) is 36.8 Å². The number of urea groups is 3. The van der Waals surface area contributed by atoms with Crippen LogP contribution in [0.3, 0.4) is 0 Å². The predicted octanol–water partition coefficient (Wildman–Crippen LogP) is 8.35. The largest absolute Gasteiger partial charge is 0.508 e. The van der Waals surface area contributed by atoms with E-state index >= 15 is 0 Å². The molecular formula is C101H156F3N15O22. The van der Waals surface area contributed by atoms with Crippen LogP contribution in [0.5, 0.6) is 0 Å². The van der Waals surface area contributed by atoms with Crippen molar-refractivity contribution in [3.05, 3.63) is 60.7 Å². The molecule has 13 N–H and O–H groups in total. The third kappa shape index (κ3) is 30.1. The lowest BCUT2D eigenvalue weighted by Gasteiger charge is -2.38. The van der Waals surface area contributed by atoms with E-state index in [1.807, 2.05) is 177 Å². The first-order valence-corrected chi connectivity index (χ1v) is 49.1. The first kappa shape index (κ1) is 115. The number of methoxy groups -OCH3 is 2. The molecule has 3 heterocycles. The average Bonchev–Trinajstić information content (AvgIpc) is 1.53. The van der Waals surface area contributed by atoms with E-state index in [1.165, 1.54) is 41.1 Å². The number of primary amides is 1. The first-order chi connectivity index (χ1) is 65.2. The molecule has 1 aromatic carbocycles. The number of alkyl halides is 3. The van der Waals surface area contributed by atoms with Gasteiger partial charge in [-0.3, -0.25) is 57.5 Å². The Bertz CT molecular complexity index is 4760. The van der Waals surface area contributed by atoms with Gasteiger partial charge < -0.3 is 103 Å². The van der Waals surface area contributed by atoms with Crippen LogP contribution >= 0.6 is 0 Å². The number of likely N-dealkylation sites (tertiary alicyclic amines) is 3. The molecule has 3 unspecified atom stereocenters. The molecule has 40 heteroatoms. The molecule has 3 saturated heterocycles. The summed E-state index contributed by atoms with van der Waals surface area (Å²) in [7, 11) is 2.72. The molecule has 37 nitrogen and oxygen atoms in total. The van der Waals surface area contributed by atoms with Crippen molar-refractivity contribution in [1.82, 2.24) is 73.2 Å². The maximum Gasteiger partial charge on any atom is 0.508 e. The van der Waals surface area contributed by atoms with Gasteiger partial charge >= 0.3 is 36.6 Å². The Morgan fingerprint density at radius 2 is 0.823 bits per heavy atom. The third-order valence-electron chi connectivity index (χ3n) is 29.5. The average molecular weight is 1990 g/mol. The van der Waals surface area contributed by atoms with Crippen molar-refractivity contribution < 1.29 is 118 Å². The third-order valence-corrected chi connectivity index (χ3v) is 29.5. The number of hydrogen-bond donors (Lipinski definition) is 12. The van der Waals surface area contributed by atoms with Crippen LogP contribution in [0.1, 0.15) is 221 Å². The van der Waals surface area contributed by atoms with Crippen molar-refractivity contribution in [2.75, 3.05) is 73.4 Å². The van der Waals surface area contributed by atoms with E-state index in [-0.39, 0.29) is 115 Å². The summed E-state index contributed by atoms with van der Waals surface area (Å²) in [5.41, 5.74) is 3.73. The fourth-order valence-corrected chi connectivity index (χ4v) is 19.8. The number of fused-ring (bicyclic) bond motifs is 4. The zero-order valence-corrected chi connectivity index (χ0v) is 86.7. The van der Waals surface area contributed by atoms with Gasteiger partial charge in [0, 0.05) is 46.3 Å². The number of Topliss-reactive ketones (excluding diaryl/α,β-unsaturated/α-hetero) is 3. The number of rotatable bonds is 40. The first-order valence-electron chi connectivity index (χ1n) is 49.1. The molecule has 141 heavy (non-hydrogen) atoms. The second-order valence-electron chi connectivity index (χ2n) is 46.6. The van der Waals surface area contributed by atoms with Gasteiger partial charge in [0.2, 0.25) is 52.8 Å². The Balaban J connectivity index is 0.000000260. The highest BCUT2D eigenvalue weighted by Crippen LogP contribution is 2.67. The van der Waals surface area contributed by atoms with Gasteiger partial charge in [-0.25, -0.2) is 24.0 Å². The fraction of sp³-hybridized carbons (Fsp3) is 0.733. The van der Waals surface area contributed by atoms with E-state index in [0.29, 0.717) is 51.3 Å². The van der Waals surface area contributed by atoms with Crippen LogP contribution in [-0.2, 0) is 94.1 Å². The minimum absolute atomic E-state index is 0.0601. The molecule has 788 valence electrons. The second kappa shape index (κ2) is 46.2. The van der Waals surface area contributed by atoms with Gasteiger partial charge in [0.05, 0.1) is 56.6 Å². The summed E-state index contributed by atoms with van der Waals surface area (Å²) in [5, 5.41) is 29.8. The number of halogens is 3. The number of carbonyl (C=O) groups excluding carboxylic acids is 17. The number of amides is 15. The number of carbonyl (C=O) groups is 17. The number of nitrogens with two attached hydrogens (primary N) is 1. The predicted molar refractivity (Wildman–Crippen MR) is 515 cm³/mol. The number of nitrogens with one attached hydrogen (secondary N) is 11. The van der Waals surface area contributed by atoms with Crippen LogP contribution in [0.2, 0.25) is 0 Å². The Hall–Kier alpha value is -11.0. The lowest BCUT2D eigenvalue weighted by Crippen LogP contribution is -2.62. The molecule has 18 atom stereocenters. The van der Waals surface area contributed by atoms with Crippen LogP contribution in [-0.4, -0.2) is 268 Å². The van der Waals surface area contributed by atoms with Crippen molar-refractivity contribution in [1.29, 1.82) is 0 Å². The minimum Gasteiger partial charge on any atom is -0.438 e. The summed E-state index contributed by atoms with van der Waals surface area (Å²) in [6.07, 6.45) is 0.211. The number of hydrogen-bond acceptors (Lipinski definition) is 22. The highest BCUT2D eigenvalue weighted by Gasteiger charge is 2.73. The fourth-order valence-electron chi connectivity index (χ4n) is 19.8. The quantitative estimate of drug-likeness (QED) is 0.0167. The summed E-state index contributed by atoms with van der Waals surface area (Å²) >= 11 is 0. The number of piperidine rings is 3. The topological polar surface area (TPSA) is 504 Å². The number of ether oxygens (including phenoxy) is 5. The second-order valence-corrected chi connectivity index (χ2v) is 46.6. The molecular weight excluding hydrogens is 1830 g/mol. The number of benzene rings is 1. The molecule has 0 spiro atoms. The summed E-state index contributed by atoms with van der Waals surface area (Å²) in [6, 6.07) is -5.51. The molecule has 3 aliphatic heterocycles. The molecule has 10 rings (SSSR count). The SMILES string of the molecule is C=CCNC(=O)C(=O)C(CCC(F)(F)F)NC(=O)[C@@H]1[C@@H]2[C@H](CN1C(=O)[C@@H](NC(=O)N[C@H](COC)C(C)(C)C)C1Cc3ccccc3C1)C2(C)C.C=CCNC(=O)C(=O)C(CCC)NC(=O)[C@@H]1[C@@H]2[C@H](CN1C(=O)[C@@H](NC(=O)N[C@H](COC(=O)OCC1CC1)C(C)(C)C)C(C)(C)C)C2(C)C.COC(=O)OC[C@@H](NC(=O)N[C@H](C(=O)N1C[C@H]2[C@@H]([C@H]1C(=O)NC(CC1CC1)C(=O)C(N)=O)C2(C)C)C(C)(C)C)C(C)(C)C. The van der Waals surface area contributed by atoms with Crippen LogP contribution in [0.25, 0.3) is 0 Å². The smallest absolute Gasteiger partial charge is 0.438 e. The summed E-state index contributed by atoms with van der Waals surface area (Å²) in [6.45, 7) is 50.0. The van der Waals surface area contributed by atoms with Crippen molar-refractivity contribution in [3.63, 3.8) is 0 Å². The summed E-state index contributed by atoms with van der Waals surface area (Å²) < 4.78 is 65.1.